The van der Waals surface area contributed by atoms with Crippen molar-refractivity contribution in [3.8, 4) is 0 Å². The zero-order chi connectivity index (χ0) is 13.4. The fraction of sp³-hybridized carbons (Fsp3) is 0.625. The van der Waals surface area contributed by atoms with Crippen LogP contribution in [0.2, 0.25) is 5.02 Å². The Kier molecular flexibility index (Phi) is 3.72. The maximum Gasteiger partial charge on any atom is 0.0642 e. The summed E-state index contributed by atoms with van der Waals surface area (Å²) in [6.45, 7) is 4.35. The van der Waals surface area contributed by atoms with Crippen LogP contribution in [0.25, 0.3) is 0 Å². The van der Waals surface area contributed by atoms with Gasteiger partial charge in [-0.3, -0.25) is 0 Å². The second-order valence-corrected chi connectivity index (χ2v) is 6.70. The second-order valence-electron chi connectivity index (χ2n) is 6.29. The van der Waals surface area contributed by atoms with E-state index in [1.54, 1.807) is 0 Å². The molecule has 2 N–H and O–H groups in total. The van der Waals surface area contributed by atoms with Gasteiger partial charge >= 0.3 is 0 Å². The fourth-order valence-electron chi connectivity index (χ4n) is 2.56. The zero-order valence-electron chi connectivity index (χ0n) is 11.6. The number of rotatable bonds is 6. The van der Waals surface area contributed by atoms with Gasteiger partial charge in [0.15, 0.2) is 0 Å². The highest BCUT2D eigenvalue weighted by atomic mass is 35.5. The molecule has 2 nitrogen and oxygen atoms in total. The summed E-state index contributed by atoms with van der Waals surface area (Å²) in [5.41, 5.74) is 8.23. The Morgan fingerprint density at radius 3 is 2.21 bits per heavy atom. The lowest BCUT2D eigenvalue weighted by atomic mass is 10.1. The Bertz CT molecular complexity index is 436. The van der Waals surface area contributed by atoms with Crippen molar-refractivity contribution in [3.63, 3.8) is 0 Å². The molecule has 1 unspecified atom stereocenters. The van der Waals surface area contributed by atoms with Crippen molar-refractivity contribution in [1.82, 2.24) is 0 Å². The van der Waals surface area contributed by atoms with Crippen LogP contribution >= 0.6 is 11.6 Å². The molecule has 0 aromatic heterocycles. The van der Waals surface area contributed by atoms with E-state index in [-0.39, 0.29) is 6.04 Å². The van der Waals surface area contributed by atoms with E-state index < -0.39 is 0 Å². The van der Waals surface area contributed by atoms with Gasteiger partial charge in [-0.1, -0.05) is 17.7 Å². The first-order valence-electron chi connectivity index (χ1n) is 7.43. The summed E-state index contributed by atoms with van der Waals surface area (Å²) < 4.78 is 0. The molecule has 1 aromatic carbocycles. The summed E-state index contributed by atoms with van der Waals surface area (Å²) in [7, 11) is 0. The first-order valence-corrected chi connectivity index (χ1v) is 7.81. The van der Waals surface area contributed by atoms with Gasteiger partial charge < -0.3 is 10.6 Å². The molecule has 2 saturated carbocycles. The van der Waals surface area contributed by atoms with E-state index in [1.807, 2.05) is 13.0 Å². The van der Waals surface area contributed by atoms with Crippen molar-refractivity contribution in [2.75, 3.05) is 18.0 Å². The Morgan fingerprint density at radius 2 is 1.79 bits per heavy atom. The molecule has 0 aliphatic heterocycles. The maximum absolute atomic E-state index is 6.48. The molecule has 0 bridgehead atoms. The summed E-state index contributed by atoms with van der Waals surface area (Å²) in [6, 6.07) is 6.37. The third-order valence-electron chi connectivity index (χ3n) is 4.19. The largest absolute Gasteiger partial charge is 0.370 e. The van der Waals surface area contributed by atoms with Crippen LogP contribution in [0.1, 0.15) is 44.2 Å². The third kappa shape index (κ3) is 3.43. The molecule has 0 radical (unpaired) electrons. The molecule has 3 rings (SSSR count). The van der Waals surface area contributed by atoms with Gasteiger partial charge in [0, 0.05) is 19.1 Å². The molecular formula is C16H23ClN2. The SMILES string of the molecule is CC(N)c1ccc(N(CC2CC2)CC2CC2)c(Cl)c1. The van der Waals surface area contributed by atoms with E-state index in [9.17, 15) is 0 Å². The highest BCUT2D eigenvalue weighted by Crippen LogP contribution is 2.38. The lowest BCUT2D eigenvalue weighted by molar-refractivity contribution is 0.679. The summed E-state index contributed by atoms with van der Waals surface area (Å²) in [4.78, 5) is 2.50. The van der Waals surface area contributed by atoms with Gasteiger partial charge in [0.2, 0.25) is 0 Å². The fourth-order valence-corrected chi connectivity index (χ4v) is 2.87. The van der Waals surface area contributed by atoms with E-state index in [4.69, 9.17) is 17.3 Å². The van der Waals surface area contributed by atoms with Crippen LogP contribution in [-0.2, 0) is 0 Å². The number of anilines is 1. The minimum Gasteiger partial charge on any atom is -0.370 e. The molecule has 2 aliphatic rings. The Labute approximate surface area is 120 Å². The van der Waals surface area contributed by atoms with Crippen LogP contribution < -0.4 is 10.6 Å². The van der Waals surface area contributed by atoms with E-state index in [0.717, 1.165) is 22.4 Å². The van der Waals surface area contributed by atoms with Crippen LogP contribution in [0, 0.1) is 11.8 Å². The van der Waals surface area contributed by atoms with Gasteiger partial charge in [-0.25, -0.2) is 0 Å². The molecule has 19 heavy (non-hydrogen) atoms. The summed E-state index contributed by atoms with van der Waals surface area (Å²) in [5.74, 6) is 1.78. The molecule has 0 amide bonds. The van der Waals surface area contributed by atoms with E-state index in [0.29, 0.717) is 0 Å². The minimum atomic E-state index is 0.0480. The molecule has 0 spiro atoms. The van der Waals surface area contributed by atoms with Gasteiger partial charge in [-0.2, -0.15) is 0 Å². The van der Waals surface area contributed by atoms with Crippen molar-refractivity contribution in [1.29, 1.82) is 0 Å². The van der Waals surface area contributed by atoms with Gasteiger partial charge in [-0.15, -0.1) is 0 Å². The Morgan fingerprint density at radius 1 is 1.21 bits per heavy atom. The first kappa shape index (κ1) is 13.3. The highest BCUT2D eigenvalue weighted by molar-refractivity contribution is 6.33. The highest BCUT2D eigenvalue weighted by Gasteiger charge is 2.30. The van der Waals surface area contributed by atoms with E-state index in [1.165, 1.54) is 44.5 Å². The topological polar surface area (TPSA) is 29.3 Å². The number of hydrogen-bond donors (Lipinski definition) is 1. The number of benzene rings is 1. The van der Waals surface area contributed by atoms with Crippen molar-refractivity contribution in [2.24, 2.45) is 17.6 Å². The Hall–Kier alpha value is -0.730. The standard InChI is InChI=1S/C16H23ClN2/c1-11(18)14-6-7-16(15(17)8-14)19(9-12-2-3-12)10-13-4-5-13/h6-8,11-13H,2-5,9-10,18H2,1H3. The summed E-state index contributed by atoms with van der Waals surface area (Å²) in [6.07, 6.45) is 5.54. The van der Waals surface area contributed by atoms with Crippen molar-refractivity contribution in [3.05, 3.63) is 28.8 Å². The second kappa shape index (κ2) is 5.34. The predicted molar refractivity (Wildman–Crippen MR) is 81.7 cm³/mol. The van der Waals surface area contributed by atoms with Crippen molar-refractivity contribution in [2.45, 2.75) is 38.6 Å². The monoisotopic (exact) mass is 278 g/mol. The van der Waals surface area contributed by atoms with Gasteiger partial charge in [0.05, 0.1) is 10.7 Å². The molecule has 2 aliphatic carbocycles. The van der Waals surface area contributed by atoms with E-state index in [2.05, 4.69) is 17.0 Å². The molecule has 3 heteroatoms. The van der Waals surface area contributed by atoms with Crippen LogP contribution in [0.4, 0.5) is 5.69 Å². The average Bonchev–Trinajstić information content (AvgIpc) is 3.23. The number of nitrogens with zero attached hydrogens (tertiary/aromatic N) is 1. The number of halogens is 1. The average molecular weight is 279 g/mol. The third-order valence-corrected chi connectivity index (χ3v) is 4.49. The molecular weight excluding hydrogens is 256 g/mol. The number of hydrogen-bond acceptors (Lipinski definition) is 2. The predicted octanol–water partition coefficient (Wildman–Crippen LogP) is 3.99. The Balaban J connectivity index is 1.79. The quantitative estimate of drug-likeness (QED) is 0.853. The zero-order valence-corrected chi connectivity index (χ0v) is 12.4. The van der Waals surface area contributed by atoms with Crippen LogP contribution in [0.5, 0.6) is 0 Å². The molecule has 1 aromatic rings. The number of nitrogens with two attached hydrogens (primary N) is 1. The maximum atomic E-state index is 6.48. The summed E-state index contributed by atoms with van der Waals surface area (Å²) in [5, 5.41) is 0.858. The van der Waals surface area contributed by atoms with Crippen LogP contribution in [-0.4, -0.2) is 13.1 Å². The van der Waals surface area contributed by atoms with Gasteiger partial charge in [0.1, 0.15) is 0 Å². The lowest BCUT2D eigenvalue weighted by Gasteiger charge is -2.26. The molecule has 0 saturated heterocycles. The van der Waals surface area contributed by atoms with Crippen molar-refractivity contribution < 1.29 is 0 Å². The molecule has 104 valence electrons. The van der Waals surface area contributed by atoms with Crippen LogP contribution in [0.3, 0.4) is 0 Å². The smallest absolute Gasteiger partial charge is 0.0642 e. The summed E-state index contributed by atoms with van der Waals surface area (Å²) >= 11 is 6.48. The van der Waals surface area contributed by atoms with Crippen LogP contribution in [0.15, 0.2) is 18.2 Å². The van der Waals surface area contributed by atoms with Gasteiger partial charge in [-0.05, 0) is 62.1 Å². The van der Waals surface area contributed by atoms with E-state index >= 15 is 0 Å². The van der Waals surface area contributed by atoms with Crippen molar-refractivity contribution >= 4 is 17.3 Å². The normalized spacial score (nSPS) is 20.4. The first-order chi connectivity index (χ1) is 9.13. The molecule has 1 atom stereocenters. The molecule has 2 fully saturated rings. The van der Waals surface area contributed by atoms with Gasteiger partial charge in [0.25, 0.3) is 0 Å². The minimum absolute atomic E-state index is 0.0480. The molecule has 0 heterocycles. The lowest BCUT2D eigenvalue weighted by Crippen LogP contribution is -2.28.